The van der Waals surface area contributed by atoms with Crippen molar-refractivity contribution in [2.24, 2.45) is 5.92 Å². The van der Waals surface area contributed by atoms with Crippen LogP contribution in [0, 0.1) is 10.7 Å². The van der Waals surface area contributed by atoms with Crippen molar-refractivity contribution < 1.29 is 4.79 Å². The van der Waals surface area contributed by atoms with E-state index in [1.54, 1.807) is 6.20 Å². The molecule has 1 fully saturated rings. The van der Waals surface area contributed by atoms with Crippen LogP contribution >= 0.6 is 12.2 Å². The molecule has 2 atom stereocenters. The molecule has 1 amide bonds. The molecule has 1 aromatic heterocycles. The van der Waals surface area contributed by atoms with E-state index in [2.05, 4.69) is 29.0 Å². The molecule has 2 N–H and O–H groups in total. The number of nitrogens with zero attached hydrogens (tertiary/aromatic N) is 2. The van der Waals surface area contributed by atoms with Crippen molar-refractivity contribution in [2.75, 3.05) is 19.6 Å². The number of H-pyrrole nitrogens is 1. The lowest BCUT2D eigenvalue weighted by Crippen LogP contribution is -2.46. The molecule has 6 heteroatoms. The first-order valence-corrected chi connectivity index (χ1v) is 9.34. The van der Waals surface area contributed by atoms with Crippen LogP contribution in [0.25, 0.3) is 5.69 Å². The topological polar surface area (TPSA) is 53.1 Å². The van der Waals surface area contributed by atoms with Gasteiger partial charge in [-0.25, -0.2) is 0 Å². The van der Waals surface area contributed by atoms with Gasteiger partial charge in [0.15, 0.2) is 4.77 Å². The van der Waals surface area contributed by atoms with Crippen molar-refractivity contribution in [1.82, 2.24) is 19.8 Å². The highest BCUT2D eigenvalue weighted by molar-refractivity contribution is 7.71. The Hall–Kier alpha value is -1.92. The molecular weight excluding hydrogens is 332 g/mol. The number of amides is 1. The number of aromatic amines is 1. The summed E-state index contributed by atoms with van der Waals surface area (Å²) in [6.07, 6.45) is 6.24. The maximum atomic E-state index is 12.4. The molecule has 134 valence electrons. The summed E-state index contributed by atoms with van der Waals surface area (Å²) < 4.78 is 2.51. The predicted octanol–water partition coefficient (Wildman–Crippen LogP) is 3.39. The number of carbonyl (C=O) groups is 1. The van der Waals surface area contributed by atoms with E-state index in [4.69, 9.17) is 12.2 Å². The second-order valence-corrected chi connectivity index (χ2v) is 7.37. The molecule has 0 bridgehead atoms. The molecule has 3 rings (SSSR count). The third kappa shape index (κ3) is 4.38. The second-order valence-electron chi connectivity index (χ2n) is 6.98. The van der Waals surface area contributed by atoms with Gasteiger partial charge in [0, 0.05) is 42.8 Å². The van der Waals surface area contributed by atoms with Gasteiger partial charge in [-0.2, -0.15) is 0 Å². The average Bonchev–Trinajstić information content (AvgIpc) is 3.05. The first-order valence-electron chi connectivity index (χ1n) is 8.93. The number of hydrogen-bond acceptors (Lipinski definition) is 3. The molecule has 0 unspecified atom stereocenters. The third-order valence-electron chi connectivity index (χ3n) is 4.93. The van der Waals surface area contributed by atoms with Gasteiger partial charge < -0.3 is 10.3 Å². The van der Waals surface area contributed by atoms with Crippen molar-refractivity contribution in [3.05, 3.63) is 47.0 Å². The Morgan fingerprint density at radius 3 is 2.80 bits per heavy atom. The minimum atomic E-state index is -0.0267. The maximum absolute atomic E-state index is 12.4. The van der Waals surface area contributed by atoms with Crippen LogP contribution < -0.4 is 5.32 Å². The first-order chi connectivity index (χ1) is 12.0. The van der Waals surface area contributed by atoms with E-state index >= 15 is 0 Å². The molecule has 1 aromatic carbocycles. The number of rotatable bonds is 5. The van der Waals surface area contributed by atoms with Gasteiger partial charge in [-0.15, -0.1) is 0 Å². The summed E-state index contributed by atoms with van der Waals surface area (Å²) in [5.41, 5.74) is 1.61. The Morgan fingerprint density at radius 2 is 2.16 bits per heavy atom. The van der Waals surface area contributed by atoms with Crippen molar-refractivity contribution in [3.63, 3.8) is 0 Å². The molecular formula is C19H26N4OS. The minimum absolute atomic E-state index is 0.0267. The Morgan fingerprint density at radius 1 is 1.40 bits per heavy atom. The highest BCUT2D eigenvalue weighted by atomic mass is 32.1. The van der Waals surface area contributed by atoms with E-state index in [1.165, 1.54) is 12.8 Å². The quantitative estimate of drug-likeness (QED) is 0.806. The molecule has 0 aliphatic carbocycles. The molecule has 0 radical (unpaired) electrons. The van der Waals surface area contributed by atoms with Crippen molar-refractivity contribution in [1.29, 1.82) is 0 Å². The predicted molar refractivity (Wildman–Crippen MR) is 103 cm³/mol. The lowest BCUT2D eigenvalue weighted by molar-refractivity contribution is 0.0917. The summed E-state index contributed by atoms with van der Waals surface area (Å²) in [5, 5.41) is 3.06. The third-order valence-corrected chi connectivity index (χ3v) is 5.24. The fraction of sp³-hybridized carbons (Fsp3) is 0.474. The number of imidazole rings is 1. The van der Waals surface area contributed by atoms with Gasteiger partial charge in [0.2, 0.25) is 0 Å². The average molecular weight is 359 g/mol. The number of benzene rings is 1. The van der Waals surface area contributed by atoms with Crippen molar-refractivity contribution >= 4 is 18.1 Å². The summed E-state index contributed by atoms with van der Waals surface area (Å²) >= 11 is 5.22. The van der Waals surface area contributed by atoms with Crippen LogP contribution in [-0.4, -0.2) is 46.0 Å². The summed E-state index contributed by atoms with van der Waals surface area (Å²) in [6.45, 7) is 7.43. The number of nitrogens with one attached hydrogen (secondary N) is 2. The maximum Gasteiger partial charge on any atom is 0.251 e. The van der Waals surface area contributed by atoms with Gasteiger partial charge in [-0.1, -0.05) is 6.92 Å². The fourth-order valence-electron chi connectivity index (χ4n) is 3.39. The number of aromatic nitrogens is 2. The smallest absolute Gasteiger partial charge is 0.251 e. The van der Waals surface area contributed by atoms with Crippen LogP contribution in [-0.2, 0) is 0 Å². The van der Waals surface area contributed by atoms with Gasteiger partial charge in [-0.3, -0.25) is 14.3 Å². The fourth-order valence-corrected chi connectivity index (χ4v) is 3.63. The summed E-state index contributed by atoms with van der Waals surface area (Å²) in [4.78, 5) is 17.8. The van der Waals surface area contributed by atoms with E-state index in [-0.39, 0.29) is 5.91 Å². The van der Waals surface area contributed by atoms with Crippen LogP contribution in [0.3, 0.4) is 0 Å². The zero-order valence-electron chi connectivity index (χ0n) is 14.9. The standard InChI is InChI=1S/C19H26N4OS/c1-14-4-3-10-22(13-14)15(2)12-21-18(24)16-5-7-17(8-6-16)23-11-9-20-19(23)25/h5-9,11,14-15H,3-4,10,12-13H2,1-2H3,(H,20,25)(H,21,24)/t14-,15-/m0/s1. The molecule has 2 aromatic rings. The summed E-state index contributed by atoms with van der Waals surface area (Å²) in [6, 6.07) is 7.87. The molecule has 1 saturated heterocycles. The normalized spacial score (nSPS) is 19.5. The van der Waals surface area contributed by atoms with E-state index in [1.807, 2.05) is 35.0 Å². The molecule has 2 heterocycles. The van der Waals surface area contributed by atoms with Gasteiger partial charge in [0.25, 0.3) is 5.91 Å². The molecule has 1 aliphatic heterocycles. The van der Waals surface area contributed by atoms with Gasteiger partial charge >= 0.3 is 0 Å². The second kappa shape index (κ2) is 7.97. The van der Waals surface area contributed by atoms with E-state index in [0.717, 1.165) is 24.7 Å². The number of hydrogen-bond donors (Lipinski definition) is 2. The summed E-state index contributed by atoms with van der Waals surface area (Å²) in [5.74, 6) is 0.723. The minimum Gasteiger partial charge on any atom is -0.350 e. The molecule has 0 saturated carbocycles. The Kier molecular flexibility index (Phi) is 5.71. The molecule has 25 heavy (non-hydrogen) atoms. The van der Waals surface area contributed by atoms with Crippen molar-refractivity contribution in [3.8, 4) is 5.69 Å². The number of piperidine rings is 1. The largest absolute Gasteiger partial charge is 0.350 e. The highest BCUT2D eigenvalue weighted by Crippen LogP contribution is 2.17. The Balaban J connectivity index is 1.56. The number of carbonyl (C=O) groups excluding carboxylic acids is 1. The highest BCUT2D eigenvalue weighted by Gasteiger charge is 2.21. The van der Waals surface area contributed by atoms with Gasteiger partial charge in [-0.05, 0) is 68.7 Å². The SMILES string of the molecule is C[C@H]1CCCN([C@@H](C)CNC(=O)c2ccc(-n3cc[nH]c3=S)cc2)C1. The van der Waals surface area contributed by atoms with E-state index < -0.39 is 0 Å². The Bertz CT molecular complexity index is 764. The zero-order valence-corrected chi connectivity index (χ0v) is 15.7. The lowest BCUT2D eigenvalue weighted by atomic mass is 9.99. The van der Waals surface area contributed by atoms with E-state index in [0.29, 0.717) is 22.9 Å². The zero-order chi connectivity index (χ0) is 17.8. The first kappa shape index (κ1) is 17.9. The molecule has 0 spiro atoms. The Labute approximate surface area is 154 Å². The van der Waals surface area contributed by atoms with Crippen LogP contribution in [0.1, 0.15) is 37.0 Å². The monoisotopic (exact) mass is 358 g/mol. The van der Waals surface area contributed by atoms with Crippen LogP contribution in [0.5, 0.6) is 0 Å². The van der Waals surface area contributed by atoms with Crippen LogP contribution in [0.15, 0.2) is 36.7 Å². The summed E-state index contributed by atoms with van der Waals surface area (Å²) in [7, 11) is 0. The molecule has 5 nitrogen and oxygen atoms in total. The van der Waals surface area contributed by atoms with Gasteiger partial charge in [0.1, 0.15) is 0 Å². The number of likely N-dealkylation sites (tertiary alicyclic amines) is 1. The van der Waals surface area contributed by atoms with Crippen LogP contribution in [0.2, 0.25) is 0 Å². The van der Waals surface area contributed by atoms with Crippen LogP contribution in [0.4, 0.5) is 0 Å². The molecule has 1 aliphatic rings. The van der Waals surface area contributed by atoms with Crippen molar-refractivity contribution in [2.45, 2.75) is 32.7 Å². The lowest BCUT2D eigenvalue weighted by Gasteiger charge is -2.35. The van der Waals surface area contributed by atoms with E-state index in [9.17, 15) is 4.79 Å². The van der Waals surface area contributed by atoms with Gasteiger partial charge in [0.05, 0.1) is 0 Å².